The summed E-state index contributed by atoms with van der Waals surface area (Å²) in [6.07, 6.45) is -1.88. The lowest BCUT2D eigenvalue weighted by molar-refractivity contribution is -0.137. The monoisotopic (exact) mass is 241 g/mol. The minimum absolute atomic E-state index is 0.396. The first-order valence-corrected chi connectivity index (χ1v) is 5.40. The highest BCUT2D eigenvalue weighted by Gasteiger charge is 2.30. The van der Waals surface area contributed by atoms with Gasteiger partial charge in [-0.3, -0.25) is 0 Å². The van der Waals surface area contributed by atoms with Crippen molar-refractivity contribution in [1.29, 1.82) is 0 Å². The number of rotatable bonds is 3. The van der Waals surface area contributed by atoms with Crippen LogP contribution in [0.3, 0.4) is 0 Å². The van der Waals surface area contributed by atoms with E-state index in [9.17, 15) is 13.2 Å². The van der Waals surface area contributed by atoms with Gasteiger partial charge in [0.15, 0.2) is 0 Å². The zero-order valence-electron chi connectivity index (χ0n) is 9.35. The largest absolute Gasteiger partial charge is 0.416 e. The molecule has 0 spiro atoms. The van der Waals surface area contributed by atoms with Crippen LogP contribution in [-0.4, -0.2) is 6.54 Å². The normalized spacial score (nSPS) is 10.8. The van der Waals surface area contributed by atoms with Crippen molar-refractivity contribution >= 4 is 0 Å². The van der Waals surface area contributed by atoms with Gasteiger partial charge >= 0.3 is 6.18 Å². The molecule has 0 aliphatic carbocycles. The Bertz CT molecular complexity index is 413. The van der Waals surface area contributed by atoms with Crippen molar-refractivity contribution in [3.05, 3.63) is 35.4 Å². The zero-order valence-corrected chi connectivity index (χ0v) is 9.35. The van der Waals surface area contributed by atoms with Gasteiger partial charge in [0.05, 0.1) is 5.56 Å². The summed E-state index contributed by atoms with van der Waals surface area (Å²) in [5, 5.41) is 0. The van der Waals surface area contributed by atoms with Gasteiger partial charge in [0.25, 0.3) is 0 Å². The van der Waals surface area contributed by atoms with Gasteiger partial charge < -0.3 is 5.73 Å². The van der Waals surface area contributed by atoms with Crippen LogP contribution in [-0.2, 0) is 6.18 Å². The quantitative estimate of drug-likeness (QED) is 0.638. The summed E-state index contributed by atoms with van der Waals surface area (Å²) < 4.78 is 37.2. The molecule has 0 bridgehead atoms. The van der Waals surface area contributed by atoms with E-state index < -0.39 is 11.7 Å². The van der Waals surface area contributed by atoms with Crippen LogP contribution in [0.25, 0.3) is 0 Å². The lowest BCUT2D eigenvalue weighted by atomic mass is 10.1. The number of unbranched alkanes of at least 4 members (excludes halogenated alkanes) is 2. The Balaban J connectivity index is 2.66. The highest BCUT2D eigenvalue weighted by Crippen LogP contribution is 2.29. The Morgan fingerprint density at radius 1 is 1.18 bits per heavy atom. The molecule has 0 radical (unpaired) electrons. The molecule has 0 saturated heterocycles. The summed E-state index contributed by atoms with van der Waals surface area (Å²) in [7, 11) is 0. The molecule has 0 atom stereocenters. The van der Waals surface area contributed by atoms with Crippen molar-refractivity contribution in [1.82, 2.24) is 0 Å². The van der Waals surface area contributed by atoms with Crippen molar-refractivity contribution in [2.24, 2.45) is 5.73 Å². The first kappa shape index (κ1) is 13.6. The molecule has 0 heterocycles. The summed E-state index contributed by atoms with van der Waals surface area (Å²) in [4.78, 5) is 0. The Morgan fingerprint density at radius 2 is 1.94 bits per heavy atom. The van der Waals surface area contributed by atoms with Crippen molar-refractivity contribution in [3.63, 3.8) is 0 Å². The van der Waals surface area contributed by atoms with Gasteiger partial charge in [-0.05, 0) is 37.6 Å². The van der Waals surface area contributed by atoms with Crippen LogP contribution in [0, 0.1) is 11.8 Å². The molecule has 1 nitrogen and oxygen atoms in total. The van der Waals surface area contributed by atoms with E-state index in [1.54, 1.807) is 6.07 Å². The fourth-order valence-corrected chi connectivity index (χ4v) is 1.30. The maximum atomic E-state index is 12.4. The van der Waals surface area contributed by atoms with E-state index in [0.717, 1.165) is 25.0 Å². The van der Waals surface area contributed by atoms with Crippen LogP contribution in [0.5, 0.6) is 0 Å². The minimum Gasteiger partial charge on any atom is -0.330 e. The molecule has 4 heteroatoms. The summed E-state index contributed by atoms with van der Waals surface area (Å²) in [6, 6.07) is 5.05. The smallest absolute Gasteiger partial charge is 0.330 e. The molecule has 0 aliphatic rings. The van der Waals surface area contributed by atoms with Crippen LogP contribution in [0.2, 0.25) is 0 Å². The molecule has 0 fully saturated rings. The van der Waals surface area contributed by atoms with Gasteiger partial charge in [0.2, 0.25) is 0 Å². The summed E-state index contributed by atoms with van der Waals surface area (Å²) in [5.41, 5.74) is 5.05. The molecule has 0 unspecified atom stereocenters. The van der Waals surface area contributed by atoms with Gasteiger partial charge in [-0.1, -0.05) is 17.9 Å². The Labute approximate surface area is 98.8 Å². The van der Waals surface area contributed by atoms with Crippen molar-refractivity contribution in [2.45, 2.75) is 25.4 Å². The second-order valence-corrected chi connectivity index (χ2v) is 3.63. The lowest BCUT2D eigenvalue weighted by Crippen LogP contribution is -2.04. The van der Waals surface area contributed by atoms with Crippen molar-refractivity contribution in [3.8, 4) is 11.8 Å². The number of alkyl halides is 3. The Morgan fingerprint density at radius 3 is 2.59 bits per heavy atom. The third-order valence-corrected chi connectivity index (χ3v) is 2.18. The Hall–Kier alpha value is -1.47. The third kappa shape index (κ3) is 4.92. The average molecular weight is 241 g/mol. The number of benzene rings is 1. The van der Waals surface area contributed by atoms with Crippen LogP contribution < -0.4 is 5.73 Å². The summed E-state index contributed by atoms with van der Waals surface area (Å²) >= 11 is 0. The molecule has 1 rings (SSSR count). The Kier molecular flexibility index (Phi) is 5.05. The highest BCUT2D eigenvalue weighted by molar-refractivity contribution is 5.37. The summed E-state index contributed by atoms with van der Waals surface area (Å²) in [6.45, 7) is 0.616. The second-order valence-electron chi connectivity index (χ2n) is 3.63. The fourth-order valence-electron chi connectivity index (χ4n) is 1.30. The number of hydrogen-bond acceptors (Lipinski definition) is 1. The van der Waals surface area contributed by atoms with E-state index in [2.05, 4.69) is 11.8 Å². The highest BCUT2D eigenvalue weighted by atomic mass is 19.4. The van der Waals surface area contributed by atoms with E-state index in [1.807, 2.05) is 0 Å². The molecule has 17 heavy (non-hydrogen) atoms. The fraction of sp³-hybridized carbons (Fsp3) is 0.385. The SMILES string of the molecule is NCCCCC#Cc1cccc(C(F)(F)F)c1. The molecule has 0 saturated carbocycles. The third-order valence-electron chi connectivity index (χ3n) is 2.18. The maximum absolute atomic E-state index is 12.4. The zero-order chi connectivity index (χ0) is 12.7. The average Bonchev–Trinajstić information content (AvgIpc) is 2.28. The second kappa shape index (κ2) is 6.31. The predicted molar refractivity (Wildman–Crippen MR) is 61.2 cm³/mol. The van der Waals surface area contributed by atoms with Crippen molar-refractivity contribution < 1.29 is 13.2 Å². The number of nitrogens with two attached hydrogens (primary N) is 1. The number of hydrogen-bond donors (Lipinski definition) is 1. The van der Waals surface area contributed by atoms with Crippen molar-refractivity contribution in [2.75, 3.05) is 6.54 Å². The van der Waals surface area contributed by atoms with E-state index >= 15 is 0 Å². The maximum Gasteiger partial charge on any atom is 0.416 e. The topological polar surface area (TPSA) is 26.0 Å². The molecule has 92 valence electrons. The van der Waals surface area contributed by atoms with Gasteiger partial charge in [0.1, 0.15) is 0 Å². The number of halogens is 3. The van der Waals surface area contributed by atoms with Crippen LogP contribution in [0.4, 0.5) is 13.2 Å². The van der Waals surface area contributed by atoms with E-state index in [1.165, 1.54) is 6.07 Å². The first-order chi connectivity index (χ1) is 8.04. The summed E-state index contributed by atoms with van der Waals surface area (Å²) in [5.74, 6) is 5.57. The predicted octanol–water partition coefficient (Wildman–Crippen LogP) is 3.19. The van der Waals surface area contributed by atoms with Gasteiger partial charge in [0, 0.05) is 12.0 Å². The molecule has 1 aromatic carbocycles. The standard InChI is InChI=1S/C13H14F3N/c14-13(15,16)12-8-5-7-11(10-12)6-3-1-2-4-9-17/h5,7-8,10H,1-2,4,9,17H2. The van der Waals surface area contributed by atoms with Gasteiger partial charge in [-0.2, -0.15) is 13.2 Å². The van der Waals surface area contributed by atoms with E-state index in [0.29, 0.717) is 18.5 Å². The van der Waals surface area contributed by atoms with E-state index in [4.69, 9.17) is 5.73 Å². The van der Waals surface area contributed by atoms with Crippen LogP contribution >= 0.6 is 0 Å². The van der Waals surface area contributed by atoms with Gasteiger partial charge in [-0.15, -0.1) is 0 Å². The molecule has 2 N–H and O–H groups in total. The first-order valence-electron chi connectivity index (χ1n) is 5.40. The molecule has 1 aromatic rings. The van der Waals surface area contributed by atoms with Crippen LogP contribution in [0.1, 0.15) is 30.4 Å². The molecular weight excluding hydrogens is 227 g/mol. The lowest BCUT2D eigenvalue weighted by Gasteiger charge is -2.05. The van der Waals surface area contributed by atoms with Gasteiger partial charge in [-0.25, -0.2) is 0 Å². The van der Waals surface area contributed by atoms with E-state index in [-0.39, 0.29) is 0 Å². The molecule has 0 amide bonds. The molecule has 0 aliphatic heterocycles. The minimum atomic E-state index is -4.31. The molecular formula is C13H14F3N. The van der Waals surface area contributed by atoms with Crippen LogP contribution in [0.15, 0.2) is 24.3 Å². The molecule has 0 aromatic heterocycles.